The average Bonchev–Trinajstić information content (AvgIpc) is 2.84. The fourth-order valence-corrected chi connectivity index (χ4v) is 3.10. The number of carbonyl (C=O) groups is 1. The van der Waals surface area contributed by atoms with Crippen molar-refractivity contribution < 1.29 is 9.90 Å². The first-order valence-corrected chi connectivity index (χ1v) is 8.18. The smallest absolute Gasteiger partial charge is 0.240 e. The molecule has 0 bridgehead atoms. The maximum atomic E-state index is 12.5. The van der Waals surface area contributed by atoms with Crippen molar-refractivity contribution in [3.8, 4) is 0 Å². The van der Waals surface area contributed by atoms with Crippen molar-refractivity contribution in [2.45, 2.75) is 45.8 Å². The number of hydrogen-bond donors (Lipinski definition) is 1. The molecule has 1 amide bonds. The van der Waals surface area contributed by atoms with Crippen molar-refractivity contribution in [3.63, 3.8) is 0 Å². The van der Waals surface area contributed by atoms with Crippen LogP contribution in [-0.4, -0.2) is 84.2 Å². The molecule has 0 spiro atoms. The molecule has 0 aliphatic carbocycles. The third kappa shape index (κ3) is 4.18. The van der Waals surface area contributed by atoms with E-state index in [9.17, 15) is 9.90 Å². The van der Waals surface area contributed by atoms with Crippen molar-refractivity contribution in [2.75, 3.05) is 46.3 Å². The molecule has 21 heavy (non-hydrogen) atoms. The number of rotatable bonds is 3. The number of likely N-dealkylation sites (N-methyl/N-ethyl adjacent to an activating group) is 1. The third-order valence-corrected chi connectivity index (χ3v) is 4.92. The molecule has 2 saturated heterocycles. The Morgan fingerprint density at radius 3 is 2.29 bits per heavy atom. The molecule has 2 unspecified atom stereocenters. The van der Waals surface area contributed by atoms with Crippen molar-refractivity contribution >= 4 is 5.91 Å². The number of carbonyl (C=O) groups excluding carboxylic acids is 1. The van der Waals surface area contributed by atoms with Gasteiger partial charge in [-0.3, -0.25) is 14.6 Å². The van der Waals surface area contributed by atoms with E-state index in [2.05, 4.69) is 30.6 Å². The number of piperazine rings is 1. The van der Waals surface area contributed by atoms with E-state index < -0.39 is 0 Å². The van der Waals surface area contributed by atoms with E-state index in [4.69, 9.17) is 0 Å². The first-order chi connectivity index (χ1) is 9.79. The van der Waals surface area contributed by atoms with Crippen LogP contribution in [-0.2, 0) is 4.79 Å². The minimum absolute atomic E-state index is 0.0838. The van der Waals surface area contributed by atoms with Gasteiger partial charge >= 0.3 is 0 Å². The Labute approximate surface area is 128 Å². The maximum Gasteiger partial charge on any atom is 0.240 e. The zero-order valence-electron chi connectivity index (χ0n) is 14.0. The van der Waals surface area contributed by atoms with Gasteiger partial charge in [0, 0.05) is 32.7 Å². The van der Waals surface area contributed by atoms with E-state index in [0.29, 0.717) is 12.5 Å². The summed E-state index contributed by atoms with van der Waals surface area (Å²) < 4.78 is 0. The summed E-state index contributed by atoms with van der Waals surface area (Å²) >= 11 is 0. The van der Waals surface area contributed by atoms with Crippen molar-refractivity contribution in [2.24, 2.45) is 5.41 Å². The fraction of sp³-hybridized carbons (Fsp3) is 0.938. The molecule has 5 heteroatoms. The number of aliphatic hydroxyl groups is 1. The summed E-state index contributed by atoms with van der Waals surface area (Å²) in [5.74, 6) is 0.297. The molecule has 2 atom stereocenters. The van der Waals surface area contributed by atoms with E-state index in [0.717, 1.165) is 45.6 Å². The van der Waals surface area contributed by atoms with Gasteiger partial charge in [-0.2, -0.15) is 0 Å². The largest absolute Gasteiger partial charge is 0.391 e. The van der Waals surface area contributed by atoms with E-state index in [-0.39, 0.29) is 17.6 Å². The Bertz CT molecular complexity index is 359. The highest BCUT2D eigenvalue weighted by Gasteiger charge is 2.33. The fourth-order valence-electron chi connectivity index (χ4n) is 3.10. The van der Waals surface area contributed by atoms with Crippen LogP contribution in [0.3, 0.4) is 0 Å². The third-order valence-electron chi connectivity index (χ3n) is 4.92. The van der Waals surface area contributed by atoms with Crippen molar-refractivity contribution in [1.82, 2.24) is 14.7 Å². The van der Waals surface area contributed by atoms with Gasteiger partial charge in [-0.25, -0.2) is 0 Å². The molecular weight excluding hydrogens is 266 g/mol. The predicted octanol–water partition coefficient (Wildman–Crippen LogP) is 0.632. The highest BCUT2D eigenvalue weighted by molar-refractivity contribution is 5.82. The zero-order chi connectivity index (χ0) is 15.6. The second kappa shape index (κ2) is 6.63. The maximum absolute atomic E-state index is 12.5. The SMILES string of the molecule is CN1CCCC1C(=O)N1CCN(CC(O)C(C)(C)C)CC1. The summed E-state index contributed by atoms with van der Waals surface area (Å²) in [4.78, 5) is 19.0. The van der Waals surface area contributed by atoms with Gasteiger partial charge in [-0.1, -0.05) is 20.8 Å². The topological polar surface area (TPSA) is 47.0 Å². The molecule has 0 aromatic rings. The van der Waals surface area contributed by atoms with Crippen LogP contribution in [0.25, 0.3) is 0 Å². The molecule has 0 saturated carbocycles. The van der Waals surface area contributed by atoms with Gasteiger partial charge < -0.3 is 10.0 Å². The number of β-amino-alcohol motifs (C(OH)–C–C–N with tert-alkyl or cyclic N) is 1. The summed E-state index contributed by atoms with van der Waals surface area (Å²) in [6.45, 7) is 11.3. The Balaban J connectivity index is 1.79. The first-order valence-electron chi connectivity index (χ1n) is 8.18. The molecule has 2 heterocycles. The van der Waals surface area contributed by atoms with Gasteiger partial charge in [0.2, 0.25) is 5.91 Å². The summed E-state index contributed by atoms with van der Waals surface area (Å²) in [6.07, 6.45) is 1.81. The van der Waals surface area contributed by atoms with Crippen LogP contribution in [0.15, 0.2) is 0 Å². The summed E-state index contributed by atoms with van der Waals surface area (Å²) in [5, 5.41) is 10.2. The quantitative estimate of drug-likeness (QED) is 0.830. The van der Waals surface area contributed by atoms with Crippen LogP contribution in [0.5, 0.6) is 0 Å². The van der Waals surface area contributed by atoms with Crippen molar-refractivity contribution in [1.29, 1.82) is 0 Å². The number of likely N-dealkylation sites (tertiary alicyclic amines) is 1. The van der Waals surface area contributed by atoms with Crippen LogP contribution < -0.4 is 0 Å². The number of nitrogens with zero attached hydrogens (tertiary/aromatic N) is 3. The van der Waals surface area contributed by atoms with Crippen LogP contribution in [0.1, 0.15) is 33.6 Å². The summed E-state index contributed by atoms with van der Waals surface area (Å²) in [6, 6.07) is 0.0942. The second-order valence-electron chi connectivity index (χ2n) is 7.65. The van der Waals surface area contributed by atoms with Gasteiger partial charge in [0.15, 0.2) is 0 Å². The Kier molecular flexibility index (Phi) is 5.28. The highest BCUT2D eigenvalue weighted by Crippen LogP contribution is 2.21. The molecule has 1 N–H and O–H groups in total. The van der Waals surface area contributed by atoms with Gasteiger partial charge in [0.25, 0.3) is 0 Å². The lowest BCUT2D eigenvalue weighted by Crippen LogP contribution is -2.54. The Morgan fingerprint density at radius 1 is 1.19 bits per heavy atom. The Morgan fingerprint density at radius 2 is 1.81 bits per heavy atom. The molecule has 2 aliphatic rings. The van der Waals surface area contributed by atoms with E-state index in [1.165, 1.54) is 0 Å². The molecule has 2 rings (SSSR count). The lowest BCUT2D eigenvalue weighted by Gasteiger charge is -2.39. The number of amides is 1. The molecular formula is C16H31N3O2. The minimum Gasteiger partial charge on any atom is -0.391 e. The standard InChI is InChI=1S/C16H31N3O2/c1-16(2,3)14(20)12-18-8-10-19(11-9-18)15(21)13-6-5-7-17(13)4/h13-14,20H,5-12H2,1-4H3. The lowest BCUT2D eigenvalue weighted by atomic mass is 9.89. The minimum atomic E-state index is -0.319. The summed E-state index contributed by atoms with van der Waals surface area (Å²) in [5.41, 5.74) is -0.0838. The highest BCUT2D eigenvalue weighted by atomic mass is 16.3. The normalized spacial score (nSPS) is 27.1. The molecule has 2 aliphatic heterocycles. The average molecular weight is 297 g/mol. The van der Waals surface area contributed by atoms with Gasteiger partial charge in [-0.05, 0) is 31.8 Å². The van der Waals surface area contributed by atoms with Crippen molar-refractivity contribution in [3.05, 3.63) is 0 Å². The van der Waals surface area contributed by atoms with E-state index >= 15 is 0 Å². The predicted molar refractivity (Wildman–Crippen MR) is 84.1 cm³/mol. The molecule has 0 aromatic carbocycles. The molecule has 5 nitrogen and oxygen atoms in total. The number of hydrogen-bond acceptors (Lipinski definition) is 4. The van der Waals surface area contributed by atoms with Gasteiger partial charge in [0.05, 0.1) is 12.1 Å². The molecule has 122 valence electrons. The van der Waals surface area contributed by atoms with Crippen LogP contribution >= 0.6 is 0 Å². The number of aliphatic hydroxyl groups excluding tert-OH is 1. The lowest BCUT2D eigenvalue weighted by molar-refractivity contribution is -0.137. The van der Waals surface area contributed by atoms with Crippen LogP contribution in [0.4, 0.5) is 0 Å². The summed E-state index contributed by atoms with van der Waals surface area (Å²) in [7, 11) is 2.05. The van der Waals surface area contributed by atoms with E-state index in [1.54, 1.807) is 0 Å². The monoisotopic (exact) mass is 297 g/mol. The Hall–Kier alpha value is -0.650. The van der Waals surface area contributed by atoms with Crippen LogP contribution in [0.2, 0.25) is 0 Å². The molecule has 0 radical (unpaired) electrons. The zero-order valence-corrected chi connectivity index (χ0v) is 14.0. The van der Waals surface area contributed by atoms with Gasteiger partial charge in [-0.15, -0.1) is 0 Å². The van der Waals surface area contributed by atoms with Crippen LogP contribution in [0, 0.1) is 5.41 Å². The second-order valence-corrected chi connectivity index (χ2v) is 7.65. The molecule has 2 fully saturated rings. The first kappa shape index (κ1) is 16.7. The van der Waals surface area contributed by atoms with Gasteiger partial charge in [0.1, 0.15) is 0 Å². The van der Waals surface area contributed by atoms with E-state index in [1.807, 2.05) is 11.9 Å². The molecule has 0 aromatic heterocycles.